The molecule has 2 aliphatic heterocycles. The summed E-state index contributed by atoms with van der Waals surface area (Å²) >= 11 is 0. The predicted molar refractivity (Wildman–Crippen MR) is 144 cm³/mol. The lowest BCUT2D eigenvalue weighted by Crippen LogP contribution is -2.35. The highest BCUT2D eigenvalue weighted by atomic mass is 16.5. The zero-order chi connectivity index (χ0) is 26.1. The van der Waals surface area contributed by atoms with Gasteiger partial charge in [0.1, 0.15) is 41.8 Å². The van der Waals surface area contributed by atoms with Crippen molar-refractivity contribution in [3.05, 3.63) is 82.9 Å². The molecule has 3 aromatic rings. The minimum Gasteiger partial charge on any atom is -0.508 e. The number of aromatic hydroxyl groups is 2. The zero-order valence-corrected chi connectivity index (χ0v) is 21.4. The molecule has 0 saturated carbocycles. The van der Waals surface area contributed by atoms with Gasteiger partial charge in [0.15, 0.2) is 0 Å². The molecule has 3 atom stereocenters. The highest BCUT2D eigenvalue weighted by Gasteiger charge is 2.31. The number of nitriles is 1. The van der Waals surface area contributed by atoms with Crippen LogP contribution in [-0.4, -0.2) is 40.9 Å². The average Bonchev–Trinajstić information content (AvgIpc) is 3.33. The Morgan fingerprint density at radius 1 is 1.11 bits per heavy atom. The molecule has 3 unspecified atom stereocenters. The summed E-state index contributed by atoms with van der Waals surface area (Å²) in [7, 11) is 0. The number of fused-ring (bicyclic) bond motifs is 1. The number of phenolic OH excluding ortho intramolecular Hbond substituents is 2. The fourth-order valence-corrected chi connectivity index (χ4v) is 5.33. The Hall–Kier alpha value is -3.95. The van der Waals surface area contributed by atoms with Crippen LogP contribution in [0.2, 0.25) is 0 Å². The molecule has 2 heterocycles. The molecule has 1 fully saturated rings. The van der Waals surface area contributed by atoms with E-state index < -0.39 is 6.10 Å². The molecule has 0 spiro atoms. The van der Waals surface area contributed by atoms with E-state index in [0.29, 0.717) is 24.0 Å². The van der Waals surface area contributed by atoms with Crippen molar-refractivity contribution < 1.29 is 19.7 Å². The molecule has 37 heavy (non-hydrogen) atoms. The number of hydrogen-bond acceptors (Lipinski definition) is 6. The molecular weight excluding hydrogens is 464 g/mol. The Kier molecular flexibility index (Phi) is 6.82. The third-order valence-corrected chi connectivity index (χ3v) is 7.41. The van der Waals surface area contributed by atoms with Crippen molar-refractivity contribution in [1.82, 2.24) is 4.90 Å². The van der Waals surface area contributed by atoms with E-state index in [9.17, 15) is 15.5 Å². The molecule has 0 amide bonds. The molecule has 2 aliphatic rings. The van der Waals surface area contributed by atoms with Gasteiger partial charge in [0.25, 0.3) is 0 Å². The lowest BCUT2D eigenvalue weighted by atomic mass is 9.85. The zero-order valence-electron chi connectivity index (χ0n) is 21.4. The number of likely N-dealkylation sites (tertiary alicyclic amines) is 1. The molecule has 5 rings (SSSR count). The highest BCUT2D eigenvalue weighted by molar-refractivity contribution is 5.96. The Bertz CT molecular complexity index is 1370. The first kappa shape index (κ1) is 24.7. The van der Waals surface area contributed by atoms with Crippen molar-refractivity contribution in [3.63, 3.8) is 0 Å². The van der Waals surface area contributed by atoms with Gasteiger partial charge in [-0.1, -0.05) is 31.2 Å². The smallest absolute Gasteiger partial charge is 0.150 e. The van der Waals surface area contributed by atoms with Crippen molar-refractivity contribution in [2.24, 2.45) is 5.92 Å². The van der Waals surface area contributed by atoms with Gasteiger partial charge in [-0.3, -0.25) is 4.90 Å². The summed E-state index contributed by atoms with van der Waals surface area (Å²) < 4.78 is 12.6. The second kappa shape index (κ2) is 10.2. The van der Waals surface area contributed by atoms with Gasteiger partial charge < -0.3 is 19.7 Å². The second-order valence-electron chi connectivity index (χ2n) is 10.2. The van der Waals surface area contributed by atoms with E-state index in [1.165, 1.54) is 12.5 Å². The van der Waals surface area contributed by atoms with Crippen LogP contribution in [0.15, 0.2) is 60.7 Å². The number of rotatable bonds is 6. The van der Waals surface area contributed by atoms with Gasteiger partial charge in [-0.05, 0) is 79.8 Å². The maximum Gasteiger partial charge on any atom is 0.150 e. The maximum atomic E-state index is 10.2. The molecule has 2 N–H and O–H groups in total. The summed E-state index contributed by atoms with van der Waals surface area (Å²) in [6.07, 6.45) is 0.732. The SMILES string of the molecule is CC1=C(c2cccc(O)c2)C(c2ccc(OCC(C)N3CCC(C)C3)cc2)Oc2c(C#N)cc(O)cc21. The summed E-state index contributed by atoms with van der Waals surface area (Å²) in [5.41, 5.74) is 4.38. The first-order chi connectivity index (χ1) is 17.8. The molecule has 0 aromatic heterocycles. The monoisotopic (exact) mass is 496 g/mol. The van der Waals surface area contributed by atoms with Crippen molar-refractivity contribution in [2.45, 2.75) is 39.3 Å². The molecule has 0 aliphatic carbocycles. The standard InChI is InChI=1S/C31H32N2O4/c1-19-11-12-33(17-19)20(2)18-36-27-9-7-22(8-10-27)31-29(23-5-4-6-25(34)13-23)21(3)28-15-26(35)14-24(16-32)30(28)37-31/h4-10,13-15,19-20,31,34-35H,11-12,17-18H2,1-3H3. The Morgan fingerprint density at radius 3 is 2.57 bits per heavy atom. The summed E-state index contributed by atoms with van der Waals surface area (Å²) in [5.74, 6) is 2.14. The summed E-state index contributed by atoms with van der Waals surface area (Å²) in [6.45, 7) is 9.32. The van der Waals surface area contributed by atoms with Crippen LogP contribution in [0.3, 0.4) is 0 Å². The molecule has 6 heteroatoms. The quantitative estimate of drug-likeness (QED) is 0.426. The maximum absolute atomic E-state index is 10.2. The van der Waals surface area contributed by atoms with Crippen molar-refractivity contribution in [3.8, 4) is 29.1 Å². The first-order valence-electron chi connectivity index (χ1n) is 12.7. The van der Waals surface area contributed by atoms with E-state index in [1.54, 1.807) is 24.3 Å². The van der Waals surface area contributed by atoms with Crippen LogP contribution in [0.4, 0.5) is 0 Å². The molecule has 3 aromatic carbocycles. The first-order valence-corrected chi connectivity index (χ1v) is 12.7. The fourth-order valence-electron chi connectivity index (χ4n) is 5.33. The topological polar surface area (TPSA) is 86.0 Å². The van der Waals surface area contributed by atoms with E-state index >= 15 is 0 Å². The van der Waals surface area contributed by atoms with Crippen LogP contribution in [0.25, 0.3) is 11.1 Å². The van der Waals surface area contributed by atoms with Gasteiger partial charge in [-0.2, -0.15) is 5.26 Å². The van der Waals surface area contributed by atoms with Crippen molar-refractivity contribution >= 4 is 11.1 Å². The largest absolute Gasteiger partial charge is 0.508 e. The average molecular weight is 497 g/mol. The number of phenols is 2. The molecule has 6 nitrogen and oxygen atoms in total. The predicted octanol–water partition coefficient (Wildman–Crippen LogP) is 6.14. The van der Waals surface area contributed by atoms with Crippen LogP contribution >= 0.6 is 0 Å². The van der Waals surface area contributed by atoms with E-state index in [0.717, 1.165) is 47.0 Å². The van der Waals surface area contributed by atoms with Gasteiger partial charge in [-0.15, -0.1) is 0 Å². The van der Waals surface area contributed by atoms with Gasteiger partial charge in [-0.25, -0.2) is 0 Å². The minimum absolute atomic E-state index is 0.00563. The Balaban J connectivity index is 1.46. The summed E-state index contributed by atoms with van der Waals surface area (Å²) in [5, 5.41) is 30.1. The third-order valence-electron chi connectivity index (χ3n) is 7.41. The molecule has 1 saturated heterocycles. The number of benzene rings is 3. The summed E-state index contributed by atoms with van der Waals surface area (Å²) in [4.78, 5) is 2.48. The van der Waals surface area contributed by atoms with Gasteiger partial charge in [0.2, 0.25) is 0 Å². The van der Waals surface area contributed by atoms with Crippen LogP contribution < -0.4 is 9.47 Å². The second-order valence-corrected chi connectivity index (χ2v) is 10.2. The molecule has 0 bridgehead atoms. The van der Waals surface area contributed by atoms with E-state index in [2.05, 4.69) is 24.8 Å². The molecular formula is C31H32N2O4. The minimum atomic E-state index is -0.509. The Labute approximate surface area is 218 Å². The normalized spacial score (nSPS) is 20.2. The van der Waals surface area contributed by atoms with Gasteiger partial charge >= 0.3 is 0 Å². The highest BCUT2D eigenvalue weighted by Crippen LogP contribution is 2.49. The van der Waals surface area contributed by atoms with Crippen LogP contribution in [0.5, 0.6) is 23.0 Å². The van der Waals surface area contributed by atoms with Crippen LogP contribution in [0.1, 0.15) is 55.5 Å². The van der Waals surface area contributed by atoms with E-state index in [4.69, 9.17) is 9.47 Å². The molecule has 190 valence electrons. The lowest BCUT2D eigenvalue weighted by molar-refractivity contribution is 0.169. The van der Waals surface area contributed by atoms with Gasteiger partial charge in [0, 0.05) is 29.8 Å². The van der Waals surface area contributed by atoms with Crippen molar-refractivity contribution in [1.29, 1.82) is 5.26 Å². The fraction of sp³-hybridized carbons (Fsp3) is 0.323. The summed E-state index contributed by atoms with van der Waals surface area (Å²) in [6, 6.07) is 20.4. The van der Waals surface area contributed by atoms with E-state index in [1.807, 2.05) is 37.3 Å². The van der Waals surface area contributed by atoms with Crippen LogP contribution in [-0.2, 0) is 0 Å². The molecule has 0 radical (unpaired) electrons. The number of ether oxygens (including phenoxy) is 2. The number of hydrogen-bond donors (Lipinski definition) is 2. The number of nitrogens with zero attached hydrogens (tertiary/aromatic N) is 2. The van der Waals surface area contributed by atoms with E-state index in [-0.39, 0.29) is 17.1 Å². The van der Waals surface area contributed by atoms with Crippen LogP contribution in [0, 0.1) is 17.2 Å². The lowest BCUT2D eigenvalue weighted by Gasteiger charge is -2.32. The number of allylic oxidation sites excluding steroid dienone is 1. The van der Waals surface area contributed by atoms with Crippen molar-refractivity contribution in [2.75, 3.05) is 19.7 Å². The third kappa shape index (κ3) is 5.00. The Morgan fingerprint density at radius 2 is 1.89 bits per heavy atom. The van der Waals surface area contributed by atoms with Gasteiger partial charge in [0.05, 0.1) is 5.56 Å².